The largest absolute Gasteiger partial charge is 0.508 e. The van der Waals surface area contributed by atoms with Crippen molar-refractivity contribution in [2.45, 2.75) is 19.3 Å². The minimum atomic E-state index is 0. The van der Waals surface area contributed by atoms with Crippen molar-refractivity contribution in [2.24, 2.45) is 0 Å². The summed E-state index contributed by atoms with van der Waals surface area (Å²) in [6.07, 6.45) is 13.5. The molecule has 2 N–H and O–H groups in total. The van der Waals surface area contributed by atoms with E-state index < -0.39 is 0 Å². The van der Waals surface area contributed by atoms with Crippen LogP contribution in [0.3, 0.4) is 0 Å². The quantitative estimate of drug-likeness (QED) is 0.437. The number of phenols is 2. The van der Waals surface area contributed by atoms with Crippen molar-refractivity contribution in [3.05, 3.63) is 94.0 Å². The first kappa shape index (κ1) is 22.8. The van der Waals surface area contributed by atoms with Gasteiger partial charge in [0.15, 0.2) is 0 Å². The van der Waals surface area contributed by atoms with E-state index in [0.29, 0.717) is 10.0 Å². The fourth-order valence-electron chi connectivity index (χ4n) is 2.24. The Morgan fingerprint density at radius 1 is 0.808 bits per heavy atom. The molecule has 2 aliphatic carbocycles. The van der Waals surface area contributed by atoms with Gasteiger partial charge in [0.1, 0.15) is 11.5 Å². The van der Waals surface area contributed by atoms with E-state index >= 15 is 0 Å². The molecule has 2 aliphatic rings. The number of halogens is 2. The Bertz CT molecular complexity index is 678. The Hall–Kier alpha value is -1.28. The molecule has 5 heteroatoms. The number of rotatable bonds is 0. The van der Waals surface area contributed by atoms with Crippen LogP contribution in [0.5, 0.6) is 11.5 Å². The molecule has 0 amide bonds. The Labute approximate surface area is 183 Å². The number of fused-ring (bicyclic) bond motifs is 1. The molecule has 26 heavy (non-hydrogen) atoms. The molecule has 0 saturated heterocycles. The third kappa shape index (κ3) is 8.40. The van der Waals surface area contributed by atoms with Gasteiger partial charge in [0, 0.05) is 36.2 Å². The maximum Gasteiger partial charge on any atom is 0.115 e. The Morgan fingerprint density at radius 2 is 1.31 bits per heavy atom. The van der Waals surface area contributed by atoms with Crippen LogP contribution in [-0.4, -0.2) is 10.2 Å². The van der Waals surface area contributed by atoms with Crippen molar-refractivity contribution in [1.82, 2.24) is 0 Å². The average Bonchev–Trinajstić information content (AvgIpc) is 3.10. The van der Waals surface area contributed by atoms with Crippen molar-refractivity contribution in [3.8, 4) is 11.5 Å². The van der Waals surface area contributed by atoms with E-state index in [4.69, 9.17) is 33.4 Å². The first-order valence-corrected chi connectivity index (χ1v) is 8.69. The van der Waals surface area contributed by atoms with E-state index in [1.165, 1.54) is 30.4 Å². The fourth-order valence-corrected chi connectivity index (χ4v) is 2.49. The predicted molar refractivity (Wildman–Crippen MR) is 104 cm³/mol. The van der Waals surface area contributed by atoms with Gasteiger partial charge in [-0.1, -0.05) is 29.6 Å². The SMILES string of the molecule is Oc1ccc(Cl)cc1.Oc1ccc(Cl)cc1.[C-]1=C2CCCC=C2C=C1.[Zr]. The summed E-state index contributed by atoms with van der Waals surface area (Å²) in [6, 6.07) is 12.7. The molecule has 0 spiro atoms. The molecular weight excluding hydrogens is 446 g/mol. The van der Waals surface area contributed by atoms with E-state index in [1.54, 1.807) is 48.5 Å². The number of allylic oxidation sites excluding steroid dienone is 6. The van der Waals surface area contributed by atoms with E-state index in [-0.39, 0.29) is 37.7 Å². The van der Waals surface area contributed by atoms with Crippen LogP contribution in [0.25, 0.3) is 0 Å². The molecule has 134 valence electrons. The van der Waals surface area contributed by atoms with Crippen LogP contribution in [-0.2, 0) is 26.2 Å². The zero-order chi connectivity index (χ0) is 18.1. The van der Waals surface area contributed by atoms with Gasteiger partial charge in [0.05, 0.1) is 0 Å². The van der Waals surface area contributed by atoms with E-state index in [2.05, 4.69) is 18.2 Å². The van der Waals surface area contributed by atoms with Gasteiger partial charge in [-0.2, -0.15) is 23.3 Å². The summed E-state index contributed by atoms with van der Waals surface area (Å²) in [5.41, 5.74) is 2.84. The number of hydrogen-bond acceptors (Lipinski definition) is 2. The van der Waals surface area contributed by atoms with E-state index in [0.717, 1.165) is 0 Å². The van der Waals surface area contributed by atoms with Gasteiger partial charge in [-0.25, -0.2) is 6.08 Å². The molecule has 2 aromatic carbocycles. The molecule has 0 aliphatic heterocycles. The maximum atomic E-state index is 8.70. The second kappa shape index (κ2) is 12.2. The molecule has 0 bridgehead atoms. The third-order valence-electron chi connectivity index (χ3n) is 3.52. The summed E-state index contributed by atoms with van der Waals surface area (Å²) in [4.78, 5) is 0. The minimum Gasteiger partial charge on any atom is -0.508 e. The molecule has 2 nitrogen and oxygen atoms in total. The zero-order valence-corrected chi connectivity index (χ0v) is 18.1. The summed E-state index contributed by atoms with van der Waals surface area (Å²) in [5, 5.41) is 18.7. The second-order valence-electron chi connectivity index (χ2n) is 5.46. The standard InChI is InChI=1S/C9H9.2C6H5ClO.Zr/c1-2-5-9-7-3-6-8(9)4-1;2*7-5-1-3-6(8)4-2-5;/h3-4,6H,1-2,5H2;2*1-4,8H;/q-1;;;. The molecule has 4 rings (SSSR count). The van der Waals surface area contributed by atoms with Crippen LogP contribution in [0, 0.1) is 6.08 Å². The number of aromatic hydroxyl groups is 2. The van der Waals surface area contributed by atoms with E-state index in [1.807, 2.05) is 6.08 Å². The van der Waals surface area contributed by atoms with Gasteiger partial charge >= 0.3 is 0 Å². The molecule has 0 saturated carbocycles. The Kier molecular flexibility index (Phi) is 10.7. The molecule has 0 fully saturated rings. The second-order valence-corrected chi connectivity index (χ2v) is 6.33. The summed E-state index contributed by atoms with van der Waals surface area (Å²) in [6.45, 7) is 0. The smallest absolute Gasteiger partial charge is 0.115 e. The fraction of sp³-hybridized carbons (Fsp3) is 0.143. The third-order valence-corrected chi connectivity index (χ3v) is 4.02. The van der Waals surface area contributed by atoms with E-state index in [9.17, 15) is 0 Å². The van der Waals surface area contributed by atoms with Gasteiger partial charge in [-0.3, -0.25) is 0 Å². The van der Waals surface area contributed by atoms with Crippen LogP contribution >= 0.6 is 23.2 Å². The van der Waals surface area contributed by atoms with Crippen molar-refractivity contribution >= 4 is 23.2 Å². The summed E-state index contributed by atoms with van der Waals surface area (Å²) in [7, 11) is 0. The van der Waals surface area contributed by atoms with Crippen molar-refractivity contribution in [2.75, 3.05) is 0 Å². The zero-order valence-electron chi connectivity index (χ0n) is 14.1. The molecule has 0 aromatic heterocycles. The van der Waals surface area contributed by atoms with Crippen molar-refractivity contribution < 1.29 is 36.4 Å². The topological polar surface area (TPSA) is 40.5 Å². The monoisotopic (exact) mass is 463 g/mol. The van der Waals surface area contributed by atoms with Crippen LogP contribution in [0.2, 0.25) is 10.0 Å². The first-order chi connectivity index (χ1) is 12.0. The number of benzene rings is 2. The van der Waals surface area contributed by atoms with Crippen LogP contribution < -0.4 is 0 Å². The summed E-state index contributed by atoms with van der Waals surface area (Å²) >= 11 is 11.0. The van der Waals surface area contributed by atoms with Crippen LogP contribution in [0.15, 0.2) is 77.9 Å². The van der Waals surface area contributed by atoms with Gasteiger partial charge in [-0.15, -0.1) is 6.08 Å². The first-order valence-electron chi connectivity index (χ1n) is 7.93. The maximum absolute atomic E-state index is 8.70. The Balaban J connectivity index is 0.000000192. The minimum absolute atomic E-state index is 0. The molecule has 0 unspecified atom stereocenters. The molecule has 2 aromatic rings. The molecule has 0 atom stereocenters. The Morgan fingerprint density at radius 3 is 1.73 bits per heavy atom. The predicted octanol–water partition coefficient (Wildman–Crippen LogP) is 6.48. The van der Waals surface area contributed by atoms with Crippen LogP contribution in [0.1, 0.15) is 19.3 Å². The van der Waals surface area contributed by atoms with Crippen molar-refractivity contribution in [1.29, 1.82) is 0 Å². The molecule has 0 radical (unpaired) electrons. The van der Waals surface area contributed by atoms with Gasteiger partial charge in [0.2, 0.25) is 0 Å². The van der Waals surface area contributed by atoms with Gasteiger partial charge < -0.3 is 10.2 Å². The molecular formula is C21H19Cl2O2Zr-. The summed E-state index contributed by atoms with van der Waals surface area (Å²) < 4.78 is 0. The number of phenolic OH excluding ortho intramolecular Hbond substituents is 2. The van der Waals surface area contributed by atoms with Gasteiger partial charge in [0.25, 0.3) is 0 Å². The summed E-state index contributed by atoms with van der Waals surface area (Å²) in [5.74, 6) is 0.490. The van der Waals surface area contributed by atoms with Crippen LogP contribution in [0.4, 0.5) is 0 Å². The normalized spacial score (nSPS) is 13.6. The van der Waals surface area contributed by atoms with Gasteiger partial charge in [-0.05, 0) is 61.4 Å². The number of hydrogen-bond donors (Lipinski definition) is 2. The average molecular weight is 466 g/mol. The molecule has 0 heterocycles. The van der Waals surface area contributed by atoms with Crippen molar-refractivity contribution in [3.63, 3.8) is 0 Å².